The Morgan fingerprint density at radius 2 is 2.00 bits per heavy atom. The largest absolute Gasteiger partial charge is 0.378 e. The number of nitrogens with one attached hydrogen (secondary N) is 1. The fourth-order valence-corrected chi connectivity index (χ4v) is 2.89. The normalized spacial score (nSPS) is 20.8. The van der Waals surface area contributed by atoms with Gasteiger partial charge in [-0.15, -0.1) is 0 Å². The minimum absolute atomic E-state index is 0.0112. The number of amides is 2. The standard InChI is InChI=1S/C17H23N3O2/c1-19(2)14-6-3-5-12(11-14)17(22)20-10-4-7-15(20)16(21)18-13-8-9-13/h3,5-6,11,13,15H,4,7-10H2,1-2H3,(H,18,21). The van der Waals surface area contributed by atoms with Crippen LogP contribution in [-0.2, 0) is 4.79 Å². The molecule has 1 saturated heterocycles. The quantitative estimate of drug-likeness (QED) is 0.920. The Kier molecular flexibility index (Phi) is 4.05. The number of rotatable bonds is 4. The van der Waals surface area contributed by atoms with Crippen LogP contribution in [0.3, 0.4) is 0 Å². The van der Waals surface area contributed by atoms with E-state index in [1.54, 1.807) is 4.90 Å². The topological polar surface area (TPSA) is 52.7 Å². The van der Waals surface area contributed by atoms with Crippen LogP contribution in [0.4, 0.5) is 5.69 Å². The molecule has 2 amide bonds. The maximum Gasteiger partial charge on any atom is 0.254 e. The summed E-state index contributed by atoms with van der Waals surface area (Å²) in [5, 5.41) is 3.02. The predicted molar refractivity (Wildman–Crippen MR) is 86.0 cm³/mol. The molecule has 1 aromatic rings. The number of carbonyl (C=O) groups excluding carboxylic acids is 2. The summed E-state index contributed by atoms with van der Waals surface area (Å²) in [5.41, 5.74) is 1.64. The molecule has 2 fully saturated rings. The molecule has 1 atom stereocenters. The number of carbonyl (C=O) groups is 2. The highest BCUT2D eigenvalue weighted by molar-refractivity contribution is 5.98. The molecule has 0 radical (unpaired) electrons. The highest BCUT2D eigenvalue weighted by Crippen LogP contribution is 2.24. The van der Waals surface area contributed by atoms with Crippen molar-refractivity contribution in [2.45, 2.75) is 37.8 Å². The van der Waals surface area contributed by atoms with E-state index in [0.29, 0.717) is 18.2 Å². The SMILES string of the molecule is CN(C)c1cccc(C(=O)N2CCCC2C(=O)NC2CC2)c1. The van der Waals surface area contributed by atoms with Crippen LogP contribution in [0.5, 0.6) is 0 Å². The van der Waals surface area contributed by atoms with Gasteiger partial charge in [-0.05, 0) is 43.9 Å². The van der Waals surface area contributed by atoms with E-state index in [-0.39, 0.29) is 17.9 Å². The van der Waals surface area contributed by atoms with Gasteiger partial charge in [0.05, 0.1) is 0 Å². The van der Waals surface area contributed by atoms with Crippen LogP contribution in [0.25, 0.3) is 0 Å². The van der Waals surface area contributed by atoms with Crippen molar-refractivity contribution in [2.75, 3.05) is 25.5 Å². The van der Waals surface area contributed by atoms with Crippen LogP contribution in [0.15, 0.2) is 24.3 Å². The van der Waals surface area contributed by atoms with Gasteiger partial charge in [0.1, 0.15) is 6.04 Å². The first-order valence-electron chi connectivity index (χ1n) is 7.95. The Balaban J connectivity index is 1.75. The Hall–Kier alpha value is -2.04. The monoisotopic (exact) mass is 301 g/mol. The molecular weight excluding hydrogens is 278 g/mol. The first kappa shape index (κ1) is 14.9. The highest BCUT2D eigenvalue weighted by atomic mass is 16.2. The number of anilines is 1. The van der Waals surface area contributed by atoms with Crippen molar-refractivity contribution in [2.24, 2.45) is 0 Å². The molecule has 22 heavy (non-hydrogen) atoms. The maximum absolute atomic E-state index is 12.8. The van der Waals surface area contributed by atoms with E-state index in [9.17, 15) is 9.59 Å². The van der Waals surface area contributed by atoms with Crippen LogP contribution in [0.1, 0.15) is 36.0 Å². The van der Waals surface area contributed by atoms with E-state index in [1.165, 1.54) is 0 Å². The lowest BCUT2D eigenvalue weighted by Crippen LogP contribution is -2.46. The molecule has 2 aliphatic rings. The van der Waals surface area contributed by atoms with E-state index in [4.69, 9.17) is 0 Å². The van der Waals surface area contributed by atoms with Gasteiger partial charge >= 0.3 is 0 Å². The minimum Gasteiger partial charge on any atom is -0.378 e. The summed E-state index contributed by atoms with van der Waals surface area (Å²) < 4.78 is 0. The van der Waals surface area contributed by atoms with Crippen LogP contribution >= 0.6 is 0 Å². The zero-order chi connectivity index (χ0) is 15.7. The molecule has 3 rings (SSSR count). The summed E-state index contributed by atoms with van der Waals surface area (Å²) in [6.45, 7) is 0.660. The second-order valence-electron chi connectivity index (χ2n) is 6.38. The van der Waals surface area contributed by atoms with Gasteiger partial charge < -0.3 is 15.1 Å². The fraction of sp³-hybridized carbons (Fsp3) is 0.529. The van der Waals surface area contributed by atoms with Crippen molar-refractivity contribution < 1.29 is 9.59 Å². The number of hydrogen-bond acceptors (Lipinski definition) is 3. The average Bonchev–Trinajstić information content (AvgIpc) is 3.18. The summed E-state index contributed by atoms with van der Waals surface area (Å²) in [7, 11) is 3.90. The van der Waals surface area contributed by atoms with E-state index in [2.05, 4.69) is 5.32 Å². The molecule has 5 nitrogen and oxygen atoms in total. The van der Waals surface area contributed by atoms with Gasteiger partial charge in [0.2, 0.25) is 5.91 Å². The molecule has 5 heteroatoms. The Labute approximate surface area is 131 Å². The molecule has 1 heterocycles. The van der Waals surface area contributed by atoms with E-state index in [0.717, 1.165) is 31.4 Å². The first-order chi connectivity index (χ1) is 10.6. The number of likely N-dealkylation sites (tertiary alicyclic amines) is 1. The Morgan fingerprint density at radius 3 is 2.68 bits per heavy atom. The van der Waals surface area contributed by atoms with Crippen molar-refractivity contribution in [3.05, 3.63) is 29.8 Å². The number of hydrogen-bond donors (Lipinski definition) is 1. The summed E-state index contributed by atoms with van der Waals surface area (Å²) in [6, 6.07) is 7.59. The van der Waals surface area contributed by atoms with Crippen LogP contribution < -0.4 is 10.2 Å². The molecule has 1 aromatic carbocycles. The van der Waals surface area contributed by atoms with Gasteiger partial charge in [-0.25, -0.2) is 0 Å². The van der Waals surface area contributed by atoms with Gasteiger partial charge in [-0.3, -0.25) is 9.59 Å². The lowest BCUT2D eigenvalue weighted by Gasteiger charge is -2.24. The molecule has 1 aliphatic heterocycles. The highest BCUT2D eigenvalue weighted by Gasteiger charge is 2.36. The zero-order valence-electron chi connectivity index (χ0n) is 13.2. The third kappa shape index (κ3) is 3.08. The lowest BCUT2D eigenvalue weighted by atomic mass is 10.1. The molecule has 1 saturated carbocycles. The molecular formula is C17H23N3O2. The Bertz CT molecular complexity index is 581. The molecule has 0 spiro atoms. The summed E-state index contributed by atoms with van der Waals surface area (Å²) in [6.07, 6.45) is 3.79. The van der Waals surface area contributed by atoms with Crippen molar-refractivity contribution >= 4 is 17.5 Å². The van der Waals surface area contributed by atoms with Gasteiger partial charge in [0.25, 0.3) is 5.91 Å². The van der Waals surface area contributed by atoms with Crippen molar-refractivity contribution in [1.29, 1.82) is 0 Å². The van der Waals surface area contributed by atoms with Gasteiger partial charge in [-0.2, -0.15) is 0 Å². The summed E-state index contributed by atoms with van der Waals surface area (Å²) in [4.78, 5) is 28.8. The van der Waals surface area contributed by atoms with Crippen LogP contribution in [0, 0.1) is 0 Å². The molecule has 1 N–H and O–H groups in total. The van der Waals surface area contributed by atoms with Gasteiger partial charge in [0, 0.05) is 37.9 Å². The third-order valence-corrected chi connectivity index (χ3v) is 4.35. The van der Waals surface area contributed by atoms with E-state index >= 15 is 0 Å². The number of benzene rings is 1. The van der Waals surface area contributed by atoms with Crippen molar-refractivity contribution in [1.82, 2.24) is 10.2 Å². The molecule has 0 bridgehead atoms. The second kappa shape index (κ2) is 5.99. The third-order valence-electron chi connectivity index (χ3n) is 4.35. The first-order valence-corrected chi connectivity index (χ1v) is 7.95. The van der Waals surface area contributed by atoms with Gasteiger partial charge in [-0.1, -0.05) is 6.07 Å². The van der Waals surface area contributed by atoms with E-state index < -0.39 is 0 Å². The maximum atomic E-state index is 12.8. The average molecular weight is 301 g/mol. The lowest BCUT2D eigenvalue weighted by molar-refractivity contribution is -0.125. The van der Waals surface area contributed by atoms with Crippen molar-refractivity contribution in [3.63, 3.8) is 0 Å². The van der Waals surface area contributed by atoms with Crippen molar-refractivity contribution in [3.8, 4) is 0 Å². The van der Waals surface area contributed by atoms with Crippen LogP contribution in [0.2, 0.25) is 0 Å². The van der Waals surface area contributed by atoms with Gasteiger partial charge in [0.15, 0.2) is 0 Å². The molecule has 1 aliphatic carbocycles. The molecule has 118 valence electrons. The zero-order valence-corrected chi connectivity index (χ0v) is 13.2. The fourth-order valence-electron chi connectivity index (χ4n) is 2.89. The number of nitrogens with zero attached hydrogens (tertiary/aromatic N) is 2. The van der Waals surface area contributed by atoms with E-state index in [1.807, 2.05) is 43.3 Å². The Morgan fingerprint density at radius 1 is 1.23 bits per heavy atom. The molecule has 0 aromatic heterocycles. The smallest absolute Gasteiger partial charge is 0.254 e. The minimum atomic E-state index is -0.309. The summed E-state index contributed by atoms with van der Waals surface area (Å²) in [5.74, 6) is -0.0331. The second-order valence-corrected chi connectivity index (χ2v) is 6.38. The summed E-state index contributed by atoms with van der Waals surface area (Å²) >= 11 is 0. The van der Waals surface area contributed by atoms with Crippen LogP contribution in [-0.4, -0.2) is 49.4 Å². The predicted octanol–water partition coefficient (Wildman–Crippen LogP) is 1.64. The molecule has 1 unspecified atom stereocenters.